The summed E-state index contributed by atoms with van der Waals surface area (Å²) in [6.45, 7) is 2.02. The zero-order valence-electron chi connectivity index (χ0n) is 9.24. The van der Waals surface area contributed by atoms with Crippen LogP contribution in [-0.2, 0) is 10.2 Å². The minimum absolute atomic E-state index is 0.186. The van der Waals surface area contributed by atoms with Crippen LogP contribution in [0.25, 0.3) is 0 Å². The summed E-state index contributed by atoms with van der Waals surface area (Å²) in [5, 5.41) is 10.2. The van der Waals surface area contributed by atoms with Gasteiger partial charge in [-0.05, 0) is 36.5 Å². The first-order valence-corrected chi connectivity index (χ1v) is 5.94. The highest BCUT2D eigenvalue weighted by atomic mass is 35.5. The minimum atomic E-state index is -0.708. The molecule has 86 valence electrons. The Hall–Kier alpha value is -1.02. The van der Waals surface area contributed by atoms with Crippen LogP contribution in [0.4, 0.5) is 0 Å². The van der Waals surface area contributed by atoms with Crippen LogP contribution in [-0.4, -0.2) is 11.1 Å². The lowest BCUT2D eigenvalue weighted by Crippen LogP contribution is -2.38. The van der Waals surface area contributed by atoms with Crippen molar-refractivity contribution >= 4 is 17.6 Å². The number of hydrogen-bond acceptors (Lipinski definition) is 1. The van der Waals surface area contributed by atoms with Gasteiger partial charge in [0.05, 0.1) is 5.41 Å². The molecule has 1 aromatic carbocycles. The quantitative estimate of drug-likeness (QED) is 0.857. The molecule has 2 atom stereocenters. The molecule has 2 unspecified atom stereocenters. The fourth-order valence-corrected chi connectivity index (χ4v) is 2.92. The molecule has 0 aromatic heterocycles. The van der Waals surface area contributed by atoms with E-state index in [4.69, 9.17) is 11.6 Å². The molecule has 1 fully saturated rings. The van der Waals surface area contributed by atoms with Crippen molar-refractivity contribution in [2.24, 2.45) is 5.92 Å². The van der Waals surface area contributed by atoms with Crippen molar-refractivity contribution in [1.29, 1.82) is 0 Å². The predicted octanol–water partition coefficient (Wildman–Crippen LogP) is 3.48. The van der Waals surface area contributed by atoms with Gasteiger partial charge in [0.25, 0.3) is 0 Å². The number of halogens is 1. The largest absolute Gasteiger partial charge is 0.481 e. The first-order chi connectivity index (χ1) is 7.57. The Morgan fingerprint density at radius 3 is 2.50 bits per heavy atom. The molecule has 0 amide bonds. The summed E-state index contributed by atoms with van der Waals surface area (Å²) >= 11 is 5.83. The van der Waals surface area contributed by atoms with Gasteiger partial charge in [-0.15, -0.1) is 0 Å². The molecule has 1 aromatic rings. The molecule has 2 nitrogen and oxygen atoms in total. The number of hydrogen-bond donors (Lipinski definition) is 1. The van der Waals surface area contributed by atoms with Crippen LogP contribution < -0.4 is 0 Å². The zero-order chi connectivity index (χ0) is 11.8. The zero-order valence-corrected chi connectivity index (χ0v) is 10.00. The van der Waals surface area contributed by atoms with Gasteiger partial charge in [0, 0.05) is 5.02 Å². The molecule has 3 heteroatoms. The van der Waals surface area contributed by atoms with Crippen LogP contribution in [0, 0.1) is 5.92 Å². The second-order valence-electron chi connectivity index (χ2n) is 4.58. The van der Waals surface area contributed by atoms with E-state index in [0.717, 1.165) is 24.8 Å². The maximum Gasteiger partial charge on any atom is 0.314 e. The summed E-state index contributed by atoms with van der Waals surface area (Å²) in [5.41, 5.74) is 0.180. The highest BCUT2D eigenvalue weighted by Gasteiger charge is 2.48. The van der Waals surface area contributed by atoms with Crippen LogP contribution in [0.5, 0.6) is 0 Å². The van der Waals surface area contributed by atoms with Crippen molar-refractivity contribution in [3.05, 3.63) is 34.9 Å². The molecule has 0 bridgehead atoms. The van der Waals surface area contributed by atoms with Crippen molar-refractivity contribution in [2.75, 3.05) is 0 Å². The highest BCUT2D eigenvalue weighted by molar-refractivity contribution is 6.30. The summed E-state index contributed by atoms with van der Waals surface area (Å²) in [6.07, 6.45) is 2.69. The SMILES string of the molecule is CC1CCCC1(C(=O)O)c1ccc(Cl)cc1. The maximum absolute atomic E-state index is 11.6. The summed E-state index contributed by atoms with van der Waals surface area (Å²) in [5.74, 6) is -0.522. The summed E-state index contributed by atoms with van der Waals surface area (Å²) < 4.78 is 0. The Labute approximate surface area is 100 Å². The van der Waals surface area contributed by atoms with E-state index in [9.17, 15) is 9.90 Å². The topological polar surface area (TPSA) is 37.3 Å². The summed E-state index contributed by atoms with van der Waals surface area (Å²) in [6, 6.07) is 7.23. The minimum Gasteiger partial charge on any atom is -0.481 e. The number of carboxylic acids is 1. The number of rotatable bonds is 2. The van der Waals surface area contributed by atoms with Gasteiger partial charge < -0.3 is 5.11 Å². The molecule has 2 rings (SSSR count). The standard InChI is InChI=1S/C13H15ClO2/c1-9-3-2-8-13(9,12(15)16)10-4-6-11(14)7-5-10/h4-7,9H,2-3,8H2,1H3,(H,15,16). The Bertz CT molecular complexity index is 399. The van der Waals surface area contributed by atoms with E-state index in [1.807, 2.05) is 19.1 Å². The Kier molecular flexibility index (Phi) is 2.94. The third kappa shape index (κ3) is 1.61. The van der Waals surface area contributed by atoms with Crippen molar-refractivity contribution in [1.82, 2.24) is 0 Å². The number of carboxylic acid groups (broad SMARTS) is 1. The van der Waals surface area contributed by atoms with Crippen LogP contribution in [0.3, 0.4) is 0 Å². The molecule has 0 spiro atoms. The lowest BCUT2D eigenvalue weighted by Gasteiger charge is -2.29. The van der Waals surface area contributed by atoms with Crippen LogP contribution in [0.2, 0.25) is 5.02 Å². The van der Waals surface area contributed by atoms with Gasteiger partial charge in [-0.1, -0.05) is 37.1 Å². The fraction of sp³-hybridized carbons (Fsp3) is 0.462. The van der Waals surface area contributed by atoms with Crippen LogP contribution >= 0.6 is 11.6 Å². The molecule has 0 saturated heterocycles. The van der Waals surface area contributed by atoms with Gasteiger partial charge in [0.1, 0.15) is 0 Å². The number of aliphatic carboxylic acids is 1. The smallest absolute Gasteiger partial charge is 0.314 e. The monoisotopic (exact) mass is 238 g/mol. The molecule has 1 saturated carbocycles. The van der Waals surface area contributed by atoms with Gasteiger partial charge in [-0.3, -0.25) is 4.79 Å². The maximum atomic E-state index is 11.6. The van der Waals surface area contributed by atoms with Crippen molar-refractivity contribution in [2.45, 2.75) is 31.6 Å². The Balaban J connectivity index is 2.48. The fourth-order valence-electron chi connectivity index (χ4n) is 2.80. The van der Waals surface area contributed by atoms with Crippen LogP contribution in [0.15, 0.2) is 24.3 Å². The van der Waals surface area contributed by atoms with Gasteiger partial charge >= 0.3 is 5.97 Å². The van der Waals surface area contributed by atoms with Gasteiger partial charge in [0.2, 0.25) is 0 Å². The average molecular weight is 239 g/mol. The predicted molar refractivity (Wildman–Crippen MR) is 63.8 cm³/mol. The normalized spacial score (nSPS) is 29.2. The van der Waals surface area contributed by atoms with E-state index in [0.29, 0.717) is 5.02 Å². The van der Waals surface area contributed by atoms with E-state index >= 15 is 0 Å². The lowest BCUT2D eigenvalue weighted by molar-refractivity contribution is -0.145. The molecule has 0 heterocycles. The van der Waals surface area contributed by atoms with Crippen molar-refractivity contribution in [3.8, 4) is 0 Å². The second-order valence-corrected chi connectivity index (χ2v) is 5.01. The van der Waals surface area contributed by atoms with E-state index < -0.39 is 11.4 Å². The van der Waals surface area contributed by atoms with Gasteiger partial charge in [0.15, 0.2) is 0 Å². The molecular formula is C13H15ClO2. The molecule has 1 N–H and O–H groups in total. The molecule has 0 radical (unpaired) electrons. The van der Waals surface area contributed by atoms with Crippen molar-refractivity contribution < 1.29 is 9.90 Å². The third-order valence-electron chi connectivity index (χ3n) is 3.79. The molecule has 1 aliphatic rings. The molecule has 1 aliphatic carbocycles. The van der Waals surface area contributed by atoms with Gasteiger partial charge in [-0.2, -0.15) is 0 Å². The summed E-state index contributed by atoms with van der Waals surface area (Å²) in [4.78, 5) is 11.6. The van der Waals surface area contributed by atoms with E-state index in [2.05, 4.69) is 0 Å². The van der Waals surface area contributed by atoms with E-state index in [1.54, 1.807) is 12.1 Å². The Morgan fingerprint density at radius 1 is 1.44 bits per heavy atom. The molecule has 0 aliphatic heterocycles. The number of carbonyl (C=O) groups is 1. The first kappa shape index (κ1) is 11.5. The van der Waals surface area contributed by atoms with E-state index in [1.165, 1.54) is 0 Å². The highest BCUT2D eigenvalue weighted by Crippen LogP contribution is 2.45. The van der Waals surface area contributed by atoms with Gasteiger partial charge in [-0.25, -0.2) is 0 Å². The summed E-state index contributed by atoms with van der Waals surface area (Å²) in [7, 11) is 0. The Morgan fingerprint density at radius 2 is 2.06 bits per heavy atom. The third-order valence-corrected chi connectivity index (χ3v) is 4.04. The second kappa shape index (κ2) is 4.10. The lowest BCUT2D eigenvalue weighted by atomic mass is 9.73. The first-order valence-electron chi connectivity index (χ1n) is 5.57. The van der Waals surface area contributed by atoms with Crippen molar-refractivity contribution in [3.63, 3.8) is 0 Å². The molecule has 16 heavy (non-hydrogen) atoms. The average Bonchev–Trinajstić information content (AvgIpc) is 2.62. The molecular weight excluding hydrogens is 224 g/mol. The van der Waals surface area contributed by atoms with Crippen LogP contribution in [0.1, 0.15) is 31.7 Å². The van der Waals surface area contributed by atoms with E-state index in [-0.39, 0.29) is 5.92 Å². The number of benzene rings is 1.